The Morgan fingerprint density at radius 1 is 0.842 bits per heavy atom. The molecule has 1 unspecified atom stereocenters. The molecule has 0 radical (unpaired) electrons. The second-order valence-corrected chi connectivity index (χ2v) is 9.01. The fourth-order valence-corrected chi connectivity index (χ4v) is 4.36. The third kappa shape index (κ3) is 6.34. The van der Waals surface area contributed by atoms with Crippen LogP contribution in [0.1, 0.15) is 27.9 Å². The molecule has 0 aliphatic heterocycles. The molecule has 0 bridgehead atoms. The first kappa shape index (κ1) is 26.8. The van der Waals surface area contributed by atoms with Crippen molar-refractivity contribution in [3.63, 3.8) is 0 Å². The molecule has 0 aliphatic carbocycles. The van der Waals surface area contributed by atoms with Crippen molar-refractivity contribution in [2.45, 2.75) is 24.9 Å². The van der Waals surface area contributed by atoms with Crippen LogP contribution in [0.2, 0.25) is 0 Å². The molecule has 1 heterocycles. The molecule has 0 fully saturated rings. The molecule has 0 spiro atoms. The SMILES string of the molecule is Cc1ccnc(C(CNC(=O)Nc2cc(F)cc(F)c2)(Cc2ccccc2)c2cccc(C(F)(F)F)c2)c1. The van der Waals surface area contributed by atoms with E-state index < -0.39 is 34.8 Å². The predicted molar refractivity (Wildman–Crippen MR) is 135 cm³/mol. The smallest absolute Gasteiger partial charge is 0.337 e. The van der Waals surface area contributed by atoms with Crippen LogP contribution in [0.15, 0.2) is 91.1 Å². The van der Waals surface area contributed by atoms with E-state index in [0.29, 0.717) is 17.3 Å². The Bertz CT molecular complexity index is 1410. The third-order valence-electron chi connectivity index (χ3n) is 6.17. The highest BCUT2D eigenvalue weighted by Gasteiger charge is 2.39. The van der Waals surface area contributed by atoms with E-state index in [9.17, 15) is 26.7 Å². The number of rotatable bonds is 7. The van der Waals surface area contributed by atoms with Crippen LogP contribution in [0.4, 0.5) is 32.4 Å². The van der Waals surface area contributed by atoms with Crippen LogP contribution in [-0.4, -0.2) is 17.6 Å². The highest BCUT2D eigenvalue weighted by atomic mass is 19.4. The molecule has 0 aliphatic rings. The van der Waals surface area contributed by atoms with Gasteiger partial charge in [-0.2, -0.15) is 13.2 Å². The number of carbonyl (C=O) groups is 1. The van der Waals surface area contributed by atoms with Crippen molar-refractivity contribution in [3.05, 3.63) is 131 Å². The number of aryl methyl sites for hydroxylation is 1. The molecule has 4 aromatic rings. The molecule has 1 aromatic heterocycles. The van der Waals surface area contributed by atoms with Gasteiger partial charge in [-0.25, -0.2) is 13.6 Å². The second kappa shape index (κ2) is 11.0. The summed E-state index contributed by atoms with van der Waals surface area (Å²) < 4.78 is 68.3. The Morgan fingerprint density at radius 3 is 2.18 bits per heavy atom. The highest BCUT2D eigenvalue weighted by Crippen LogP contribution is 2.38. The number of hydrogen-bond donors (Lipinski definition) is 2. The summed E-state index contributed by atoms with van der Waals surface area (Å²) in [6.45, 7) is 1.67. The van der Waals surface area contributed by atoms with Crippen LogP contribution in [0.5, 0.6) is 0 Å². The van der Waals surface area contributed by atoms with Gasteiger partial charge in [-0.05, 0) is 60.4 Å². The molecule has 0 saturated heterocycles. The Balaban J connectivity index is 1.79. The minimum Gasteiger partial charge on any atom is -0.337 e. The van der Waals surface area contributed by atoms with E-state index in [2.05, 4.69) is 15.6 Å². The van der Waals surface area contributed by atoms with Crippen molar-refractivity contribution < 1.29 is 26.7 Å². The summed E-state index contributed by atoms with van der Waals surface area (Å²) in [4.78, 5) is 17.3. The van der Waals surface area contributed by atoms with Crippen molar-refractivity contribution in [2.75, 3.05) is 11.9 Å². The van der Waals surface area contributed by atoms with Gasteiger partial charge in [0.05, 0.1) is 16.7 Å². The largest absolute Gasteiger partial charge is 0.416 e. The molecule has 0 saturated carbocycles. The minimum atomic E-state index is -4.58. The molecule has 2 N–H and O–H groups in total. The van der Waals surface area contributed by atoms with E-state index in [0.717, 1.165) is 35.4 Å². The summed E-state index contributed by atoms with van der Waals surface area (Å²) in [7, 11) is 0. The summed E-state index contributed by atoms with van der Waals surface area (Å²) in [5.74, 6) is -1.74. The molecule has 196 valence electrons. The average Bonchev–Trinajstić information content (AvgIpc) is 2.86. The lowest BCUT2D eigenvalue weighted by atomic mass is 9.72. The minimum absolute atomic E-state index is 0.110. The molecule has 3 aromatic carbocycles. The molecule has 2 amide bonds. The third-order valence-corrected chi connectivity index (χ3v) is 6.17. The average molecular weight is 526 g/mol. The number of nitrogens with one attached hydrogen (secondary N) is 2. The van der Waals surface area contributed by atoms with E-state index in [1.807, 2.05) is 37.3 Å². The number of aromatic nitrogens is 1. The summed E-state index contributed by atoms with van der Waals surface area (Å²) in [6, 6.07) is 19.4. The summed E-state index contributed by atoms with van der Waals surface area (Å²) in [6.07, 6.45) is -2.81. The maximum absolute atomic E-state index is 13.7. The number of urea groups is 1. The first-order valence-electron chi connectivity index (χ1n) is 11.7. The lowest BCUT2D eigenvalue weighted by molar-refractivity contribution is -0.137. The number of carbonyl (C=O) groups excluding carboxylic acids is 1. The normalized spacial score (nSPS) is 13.0. The Labute approximate surface area is 216 Å². The van der Waals surface area contributed by atoms with Crippen LogP contribution in [0, 0.1) is 18.6 Å². The number of halogens is 5. The molecular formula is C29H24F5N3O. The molecule has 4 nitrogen and oxygen atoms in total. The first-order chi connectivity index (χ1) is 18.0. The van der Waals surface area contributed by atoms with E-state index in [-0.39, 0.29) is 18.7 Å². The van der Waals surface area contributed by atoms with Gasteiger partial charge in [0.15, 0.2) is 0 Å². The number of alkyl halides is 3. The quantitative estimate of drug-likeness (QED) is 0.255. The maximum Gasteiger partial charge on any atom is 0.416 e. The highest BCUT2D eigenvalue weighted by molar-refractivity contribution is 5.89. The van der Waals surface area contributed by atoms with Crippen molar-refractivity contribution in [3.8, 4) is 0 Å². The molecule has 9 heteroatoms. The zero-order valence-corrected chi connectivity index (χ0v) is 20.3. The van der Waals surface area contributed by atoms with E-state index in [1.165, 1.54) is 6.07 Å². The maximum atomic E-state index is 13.7. The number of pyridine rings is 1. The summed E-state index contributed by atoms with van der Waals surface area (Å²) in [5.41, 5.74) is 0.228. The topological polar surface area (TPSA) is 54.0 Å². The molecule has 1 atom stereocenters. The van der Waals surface area contributed by atoms with Gasteiger partial charge >= 0.3 is 12.2 Å². The standard InChI is InChI=1S/C29H24F5N3O/c1-19-10-11-35-26(12-19)28(17-20-6-3-2-4-7-20,21-8-5-9-22(13-21)29(32,33)34)18-36-27(38)37-25-15-23(30)14-24(31)16-25/h2-16H,17-18H2,1H3,(H2,36,37,38). The first-order valence-corrected chi connectivity index (χ1v) is 11.7. The zero-order chi connectivity index (χ0) is 27.3. The van der Waals surface area contributed by atoms with Gasteiger partial charge < -0.3 is 10.6 Å². The van der Waals surface area contributed by atoms with Gasteiger partial charge in [0.2, 0.25) is 0 Å². The predicted octanol–water partition coefficient (Wildman–Crippen LogP) is 7.04. The summed E-state index contributed by atoms with van der Waals surface area (Å²) in [5, 5.41) is 5.07. The number of benzene rings is 3. The van der Waals surface area contributed by atoms with E-state index in [4.69, 9.17) is 0 Å². The molecular weight excluding hydrogens is 501 g/mol. The van der Waals surface area contributed by atoms with E-state index >= 15 is 0 Å². The monoisotopic (exact) mass is 525 g/mol. The lowest BCUT2D eigenvalue weighted by Crippen LogP contribution is -2.45. The zero-order valence-electron chi connectivity index (χ0n) is 20.3. The van der Waals surface area contributed by atoms with Gasteiger partial charge in [0.25, 0.3) is 0 Å². The number of hydrogen-bond acceptors (Lipinski definition) is 2. The van der Waals surface area contributed by atoms with Crippen LogP contribution < -0.4 is 10.6 Å². The Morgan fingerprint density at radius 2 is 1.53 bits per heavy atom. The van der Waals surface area contributed by atoms with Crippen molar-refractivity contribution in [1.29, 1.82) is 0 Å². The molecule has 4 rings (SSSR count). The summed E-state index contributed by atoms with van der Waals surface area (Å²) >= 11 is 0. The van der Waals surface area contributed by atoms with Crippen molar-refractivity contribution >= 4 is 11.7 Å². The Kier molecular flexibility index (Phi) is 7.75. The van der Waals surface area contributed by atoms with Crippen molar-refractivity contribution in [2.24, 2.45) is 0 Å². The van der Waals surface area contributed by atoms with Crippen LogP contribution in [0.3, 0.4) is 0 Å². The second-order valence-electron chi connectivity index (χ2n) is 9.01. The number of amides is 2. The van der Waals surface area contributed by atoms with Crippen LogP contribution in [-0.2, 0) is 18.0 Å². The van der Waals surface area contributed by atoms with Gasteiger partial charge in [-0.3, -0.25) is 4.98 Å². The fourth-order valence-electron chi connectivity index (χ4n) is 4.36. The van der Waals surface area contributed by atoms with E-state index in [1.54, 1.807) is 24.4 Å². The fraction of sp³-hybridized carbons (Fsp3) is 0.172. The van der Waals surface area contributed by atoms with Gasteiger partial charge in [-0.15, -0.1) is 0 Å². The van der Waals surface area contributed by atoms with Crippen LogP contribution in [0.25, 0.3) is 0 Å². The Hall–Kier alpha value is -4.27. The van der Waals surface area contributed by atoms with Crippen LogP contribution >= 0.6 is 0 Å². The van der Waals surface area contributed by atoms with Gasteiger partial charge in [-0.1, -0.05) is 48.5 Å². The van der Waals surface area contributed by atoms with Crippen molar-refractivity contribution in [1.82, 2.24) is 10.3 Å². The van der Waals surface area contributed by atoms with Gasteiger partial charge in [0, 0.05) is 24.5 Å². The number of anilines is 1. The number of nitrogens with zero attached hydrogens (tertiary/aromatic N) is 1. The molecule has 38 heavy (non-hydrogen) atoms. The van der Waals surface area contributed by atoms with Gasteiger partial charge in [0.1, 0.15) is 11.6 Å². The lowest BCUT2D eigenvalue weighted by Gasteiger charge is -2.35.